The summed E-state index contributed by atoms with van der Waals surface area (Å²) in [5.74, 6) is 0.658. The third kappa shape index (κ3) is 10.1. The van der Waals surface area contributed by atoms with Gasteiger partial charge in [-0.2, -0.15) is 0 Å². The van der Waals surface area contributed by atoms with Gasteiger partial charge in [0.1, 0.15) is 0 Å². The van der Waals surface area contributed by atoms with Crippen LogP contribution in [0.1, 0.15) is 84.8 Å². The Hall–Kier alpha value is -3.86. The number of methoxy groups -OCH3 is 6. The molecular weight excluding hydrogens is 688 g/mol. The van der Waals surface area contributed by atoms with Crippen molar-refractivity contribution in [2.75, 3.05) is 42.7 Å². The number of ether oxygens (including phenoxy) is 7. The van der Waals surface area contributed by atoms with Crippen molar-refractivity contribution in [2.24, 2.45) is 35.5 Å². The van der Waals surface area contributed by atoms with E-state index in [1.807, 2.05) is 44.2 Å². The molecule has 0 heterocycles. The zero-order valence-electron chi connectivity index (χ0n) is 34.5. The van der Waals surface area contributed by atoms with E-state index in [1.165, 1.54) is 6.08 Å². The molecule has 7 atom stereocenters. The molecule has 0 aromatic heterocycles. The maximum Gasteiger partial charge on any atom is 0.333 e. The third-order valence-electron chi connectivity index (χ3n) is 11.3. The summed E-state index contributed by atoms with van der Waals surface area (Å²) in [6.07, 6.45) is 9.17. The fourth-order valence-electron chi connectivity index (χ4n) is 8.68. The number of esters is 1. The van der Waals surface area contributed by atoms with Gasteiger partial charge in [0.25, 0.3) is 0 Å². The number of carbonyl (C=O) groups excluding carboxylic acids is 1. The van der Waals surface area contributed by atoms with Crippen molar-refractivity contribution in [3.05, 3.63) is 65.2 Å². The van der Waals surface area contributed by atoms with Gasteiger partial charge in [0.2, 0.25) is 11.5 Å². The first kappa shape index (κ1) is 44.5. The highest BCUT2D eigenvalue weighted by atomic mass is 16.7. The predicted molar refractivity (Wildman–Crippen MR) is 212 cm³/mol. The van der Waals surface area contributed by atoms with Crippen LogP contribution in [-0.2, 0) is 28.5 Å². The number of carbonyl (C=O) groups is 2. The van der Waals surface area contributed by atoms with Crippen molar-refractivity contribution in [1.82, 2.24) is 0 Å². The van der Waals surface area contributed by atoms with E-state index in [-0.39, 0.29) is 23.9 Å². The summed E-state index contributed by atoms with van der Waals surface area (Å²) < 4.78 is 39.8. The van der Waals surface area contributed by atoms with Gasteiger partial charge in [0, 0.05) is 39.4 Å². The van der Waals surface area contributed by atoms with Crippen molar-refractivity contribution in [2.45, 2.75) is 91.1 Å². The van der Waals surface area contributed by atoms with Crippen molar-refractivity contribution in [1.29, 1.82) is 0 Å². The van der Waals surface area contributed by atoms with E-state index in [0.29, 0.717) is 47.0 Å². The highest BCUT2D eigenvalue weighted by molar-refractivity contribution is 5.93. The minimum atomic E-state index is -1.23. The summed E-state index contributed by atoms with van der Waals surface area (Å²) >= 11 is 0. The van der Waals surface area contributed by atoms with Crippen molar-refractivity contribution < 1.29 is 47.9 Å². The number of hydrogen-bond acceptors (Lipinski definition) is 9. The Labute approximate surface area is 323 Å². The van der Waals surface area contributed by atoms with E-state index >= 15 is 0 Å². The second-order valence-electron chi connectivity index (χ2n) is 15.3. The molecule has 0 bridgehead atoms. The lowest BCUT2D eigenvalue weighted by Crippen LogP contribution is -2.71. The molecule has 2 aliphatic carbocycles. The van der Waals surface area contributed by atoms with Gasteiger partial charge < -0.3 is 38.3 Å². The van der Waals surface area contributed by atoms with Gasteiger partial charge in [0.15, 0.2) is 17.1 Å². The maximum atomic E-state index is 12.7. The fourth-order valence-corrected chi connectivity index (χ4v) is 8.68. The molecule has 2 saturated carbocycles. The topological polar surface area (TPSA) is 119 Å². The Balaban J connectivity index is 0.000000290. The van der Waals surface area contributed by atoms with Crippen LogP contribution < -0.4 is 14.2 Å². The monoisotopic (exact) mass is 752 g/mol. The first-order chi connectivity index (χ1) is 25.7. The van der Waals surface area contributed by atoms with Gasteiger partial charge >= 0.3 is 11.9 Å². The summed E-state index contributed by atoms with van der Waals surface area (Å²) in [5, 5.41) is 9.97. The number of aliphatic carboxylic acids is 1. The molecule has 0 radical (unpaired) electrons. The molecule has 1 N–H and O–H groups in total. The Morgan fingerprint density at radius 3 is 1.93 bits per heavy atom. The molecule has 0 amide bonds. The highest BCUT2D eigenvalue weighted by Gasteiger charge is 2.65. The molecule has 54 heavy (non-hydrogen) atoms. The maximum absolute atomic E-state index is 12.7. The number of benzene rings is 2. The molecule has 0 aliphatic heterocycles. The van der Waals surface area contributed by atoms with E-state index in [4.69, 9.17) is 33.2 Å². The van der Waals surface area contributed by atoms with E-state index in [0.717, 1.165) is 36.8 Å². The highest BCUT2D eigenvalue weighted by Crippen LogP contribution is 2.50. The van der Waals surface area contributed by atoms with Crippen molar-refractivity contribution in [3.8, 4) is 17.2 Å². The molecule has 2 aromatic rings. The van der Waals surface area contributed by atoms with Gasteiger partial charge in [-0.15, -0.1) is 0 Å². The van der Waals surface area contributed by atoms with Gasteiger partial charge in [0.05, 0.1) is 27.4 Å². The minimum absolute atomic E-state index is 0.00537. The molecular formula is C44H64O10. The lowest BCUT2D eigenvalue weighted by molar-refractivity contribution is -0.358. The Bertz CT molecular complexity index is 1540. The number of carboxylic acid groups (broad SMARTS) is 1. The average molecular weight is 753 g/mol. The predicted octanol–water partition coefficient (Wildman–Crippen LogP) is 8.96. The van der Waals surface area contributed by atoms with Crippen LogP contribution in [0.3, 0.4) is 0 Å². The molecule has 2 aromatic carbocycles. The number of carboxylic acids is 1. The lowest BCUT2D eigenvalue weighted by atomic mass is 9.66. The third-order valence-corrected chi connectivity index (χ3v) is 11.3. The Morgan fingerprint density at radius 2 is 1.44 bits per heavy atom. The first-order valence-electron chi connectivity index (χ1n) is 19.0. The summed E-state index contributed by atoms with van der Waals surface area (Å²) in [5.41, 5.74) is 1.23. The van der Waals surface area contributed by atoms with E-state index < -0.39 is 23.3 Å². The van der Waals surface area contributed by atoms with Crippen LogP contribution in [0.15, 0.2) is 54.1 Å². The van der Waals surface area contributed by atoms with Gasteiger partial charge in [-0.3, -0.25) is 0 Å². The average Bonchev–Trinajstić information content (AvgIpc) is 3.15. The van der Waals surface area contributed by atoms with Crippen molar-refractivity contribution >= 4 is 24.1 Å². The van der Waals surface area contributed by atoms with Crippen LogP contribution in [0.4, 0.5) is 0 Å². The van der Waals surface area contributed by atoms with Crippen LogP contribution in [0.2, 0.25) is 0 Å². The molecule has 10 nitrogen and oxygen atoms in total. The Kier molecular flexibility index (Phi) is 16.6. The molecule has 2 fully saturated rings. The number of hydrogen-bond donors (Lipinski definition) is 1. The molecule has 4 rings (SSSR count). The molecule has 0 spiro atoms. The van der Waals surface area contributed by atoms with Gasteiger partial charge in [-0.05, 0) is 90.2 Å². The minimum Gasteiger partial charge on any atom is -0.493 e. The molecule has 2 aliphatic rings. The zero-order chi connectivity index (χ0) is 40.2. The van der Waals surface area contributed by atoms with Crippen LogP contribution in [0.5, 0.6) is 17.2 Å². The first-order valence-corrected chi connectivity index (χ1v) is 19.0. The van der Waals surface area contributed by atoms with Gasteiger partial charge in [-0.1, -0.05) is 78.3 Å². The van der Waals surface area contributed by atoms with Crippen LogP contribution in [0, 0.1) is 35.5 Å². The van der Waals surface area contributed by atoms with Crippen LogP contribution in [0.25, 0.3) is 12.2 Å². The molecule has 10 heteroatoms. The standard InChI is InChI=1S/2C22H32O5/c1-13(2)16-8-7-14(3)9-17(16)18(22(23)24)10-15-11-19(25-4)21(27-6)20(12-15)26-5;1-16(2)22(26-6)19(24-4)14-17(3)15-21(22,25-5)27-20(23)13-12-18-10-8-7-9-11-18/h10-14,16-17H,7-9H2,1-6H3,(H,23,24);7-13,16-17,19H,14-15H2,1-6H3. The largest absolute Gasteiger partial charge is 0.493 e. The van der Waals surface area contributed by atoms with Gasteiger partial charge in [-0.25, -0.2) is 9.59 Å². The summed E-state index contributed by atoms with van der Waals surface area (Å²) in [4.78, 5) is 24.8. The fraction of sp³-hybridized carbons (Fsp3) is 0.591. The zero-order valence-corrected chi connectivity index (χ0v) is 34.5. The second-order valence-corrected chi connectivity index (χ2v) is 15.3. The summed E-state index contributed by atoms with van der Waals surface area (Å²) in [6, 6.07) is 13.2. The summed E-state index contributed by atoms with van der Waals surface area (Å²) in [6.45, 7) is 12.8. The normalized spacial score (nSPS) is 27.3. The summed E-state index contributed by atoms with van der Waals surface area (Å²) in [7, 11) is 9.52. The van der Waals surface area contributed by atoms with E-state index in [2.05, 4.69) is 27.7 Å². The smallest absolute Gasteiger partial charge is 0.333 e. The quantitative estimate of drug-likeness (QED) is 0.114. The SMILES string of the molecule is COC1CC(C)CC(OC)(OC(=O)C=Cc2ccccc2)C1(OC)C(C)C.COc1cc(C=C(C(=O)O)C2CC(C)CCC2C(C)C)cc(OC)c1OC. The van der Waals surface area contributed by atoms with Crippen LogP contribution in [-0.4, -0.2) is 77.2 Å². The van der Waals surface area contributed by atoms with Crippen LogP contribution >= 0.6 is 0 Å². The van der Waals surface area contributed by atoms with E-state index in [1.54, 1.807) is 66.9 Å². The van der Waals surface area contributed by atoms with Crippen molar-refractivity contribution in [3.63, 3.8) is 0 Å². The Morgan fingerprint density at radius 1 is 0.815 bits per heavy atom. The molecule has 300 valence electrons. The second kappa shape index (κ2) is 20.2. The lowest BCUT2D eigenvalue weighted by Gasteiger charge is -2.56. The molecule has 0 saturated heterocycles. The number of rotatable bonds is 14. The molecule has 7 unspecified atom stereocenters. The van der Waals surface area contributed by atoms with E-state index in [9.17, 15) is 14.7 Å².